The van der Waals surface area contributed by atoms with Crippen LogP contribution >= 0.6 is 0 Å². The van der Waals surface area contributed by atoms with Gasteiger partial charge < -0.3 is 15.6 Å². The number of aromatic nitrogens is 1. The van der Waals surface area contributed by atoms with Crippen LogP contribution in [0.5, 0.6) is 0 Å². The SMILES string of the molecule is CCc1cccc(NC(N)=NCc2cccn2C)c1. The third kappa shape index (κ3) is 3.61. The fourth-order valence-corrected chi connectivity index (χ4v) is 1.88. The second kappa shape index (κ2) is 6.09. The van der Waals surface area contributed by atoms with Gasteiger partial charge in [0.2, 0.25) is 0 Å². The highest BCUT2D eigenvalue weighted by Gasteiger charge is 1.98. The quantitative estimate of drug-likeness (QED) is 0.652. The topological polar surface area (TPSA) is 55.3 Å². The Kier molecular flexibility index (Phi) is 4.23. The van der Waals surface area contributed by atoms with Gasteiger partial charge in [0.25, 0.3) is 0 Å². The fourth-order valence-electron chi connectivity index (χ4n) is 1.88. The molecular formula is C15H20N4. The van der Waals surface area contributed by atoms with E-state index in [1.54, 1.807) is 0 Å². The summed E-state index contributed by atoms with van der Waals surface area (Å²) in [5.74, 6) is 0.439. The number of aryl methyl sites for hydroxylation is 2. The van der Waals surface area contributed by atoms with Crippen LogP contribution in [-0.4, -0.2) is 10.5 Å². The van der Waals surface area contributed by atoms with Gasteiger partial charge >= 0.3 is 0 Å². The van der Waals surface area contributed by atoms with Gasteiger partial charge in [-0.1, -0.05) is 19.1 Å². The van der Waals surface area contributed by atoms with Crippen molar-refractivity contribution in [2.24, 2.45) is 17.8 Å². The molecule has 2 aromatic rings. The first-order valence-electron chi connectivity index (χ1n) is 6.45. The zero-order valence-corrected chi connectivity index (χ0v) is 11.4. The number of guanidine groups is 1. The molecule has 0 spiro atoms. The Morgan fingerprint density at radius 3 is 2.84 bits per heavy atom. The van der Waals surface area contributed by atoms with Gasteiger partial charge in [0, 0.05) is 24.6 Å². The van der Waals surface area contributed by atoms with Gasteiger partial charge in [-0.05, 0) is 36.2 Å². The van der Waals surface area contributed by atoms with E-state index in [1.807, 2.05) is 42.1 Å². The van der Waals surface area contributed by atoms with Crippen LogP contribution in [0.4, 0.5) is 5.69 Å². The summed E-state index contributed by atoms with van der Waals surface area (Å²) in [6.07, 6.45) is 3.01. The number of hydrogen-bond acceptors (Lipinski definition) is 1. The van der Waals surface area contributed by atoms with Crippen molar-refractivity contribution in [3.8, 4) is 0 Å². The predicted octanol–water partition coefficient (Wildman–Crippen LogP) is 2.51. The average Bonchev–Trinajstić information content (AvgIpc) is 2.82. The Morgan fingerprint density at radius 2 is 2.16 bits per heavy atom. The average molecular weight is 256 g/mol. The highest BCUT2D eigenvalue weighted by Crippen LogP contribution is 2.10. The molecule has 0 atom stereocenters. The lowest BCUT2D eigenvalue weighted by Gasteiger charge is -2.07. The van der Waals surface area contributed by atoms with E-state index in [0.29, 0.717) is 12.5 Å². The molecule has 0 aliphatic carbocycles. The van der Waals surface area contributed by atoms with Gasteiger partial charge in [-0.15, -0.1) is 0 Å². The first-order chi connectivity index (χ1) is 9.19. The van der Waals surface area contributed by atoms with Crippen LogP contribution in [0.3, 0.4) is 0 Å². The molecule has 1 aromatic heterocycles. The lowest BCUT2D eigenvalue weighted by Crippen LogP contribution is -2.22. The van der Waals surface area contributed by atoms with Gasteiger partial charge in [0.05, 0.1) is 6.54 Å². The Morgan fingerprint density at radius 1 is 1.32 bits per heavy atom. The van der Waals surface area contributed by atoms with Gasteiger partial charge in [-0.25, -0.2) is 4.99 Å². The first kappa shape index (κ1) is 13.2. The van der Waals surface area contributed by atoms with Crippen LogP contribution in [0.2, 0.25) is 0 Å². The molecular weight excluding hydrogens is 236 g/mol. The first-order valence-corrected chi connectivity index (χ1v) is 6.45. The fraction of sp³-hybridized carbons (Fsp3) is 0.267. The second-order valence-electron chi connectivity index (χ2n) is 4.49. The summed E-state index contributed by atoms with van der Waals surface area (Å²) in [5.41, 5.74) is 9.28. The van der Waals surface area contributed by atoms with E-state index >= 15 is 0 Å². The van der Waals surface area contributed by atoms with Crippen molar-refractivity contribution < 1.29 is 0 Å². The summed E-state index contributed by atoms with van der Waals surface area (Å²) in [7, 11) is 2.00. The van der Waals surface area contributed by atoms with Crippen molar-refractivity contribution in [1.82, 2.24) is 4.57 Å². The van der Waals surface area contributed by atoms with E-state index in [4.69, 9.17) is 5.73 Å². The molecule has 19 heavy (non-hydrogen) atoms. The zero-order chi connectivity index (χ0) is 13.7. The smallest absolute Gasteiger partial charge is 0.193 e. The van der Waals surface area contributed by atoms with Crippen LogP contribution in [-0.2, 0) is 20.0 Å². The Hall–Kier alpha value is -2.23. The van der Waals surface area contributed by atoms with Gasteiger partial charge in [0.1, 0.15) is 0 Å². The maximum absolute atomic E-state index is 5.89. The normalized spacial score (nSPS) is 11.6. The van der Waals surface area contributed by atoms with Gasteiger partial charge in [-0.2, -0.15) is 0 Å². The minimum Gasteiger partial charge on any atom is -0.370 e. The van der Waals surface area contributed by atoms with Crippen molar-refractivity contribution in [1.29, 1.82) is 0 Å². The largest absolute Gasteiger partial charge is 0.370 e. The molecule has 1 aromatic carbocycles. The van der Waals surface area contributed by atoms with E-state index in [9.17, 15) is 0 Å². The number of nitrogens with two attached hydrogens (primary N) is 1. The number of hydrogen-bond donors (Lipinski definition) is 2. The van der Waals surface area contributed by atoms with Crippen LogP contribution in [0.25, 0.3) is 0 Å². The zero-order valence-electron chi connectivity index (χ0n) is 11.4. The van der Waals surface area contributed by atoms with Gasteiger partial charge in [-0.3, -0.25) is 0 Å². The standard InChI is InChI=1S/C15H20N4/c1-3-12-6-4-7-13(10-12)18-15(16)17-11-14-8-5-9-19(14)2/h4-10H,3,11H2,1-2H3,(H3,16,17,18). The number of anilines is 1. The summed E-state index contributed by atoms with van der Waals surface area (Å²) < 4.78 is 2.04. The second-order valence-corrected chi connectivity index (χ2v) is 4.49. The molecule has 2 rings (SSSR count). The molecule has 0 bridgehead atoms. The van der Waals surface area contributed by atoms with Crippen molar-refractivity contribution >= 4 is 11.6 Å². The maximum atomic E-state index is 5.89. The number of nitrogens with one attached hydrogen (secondary N) is 1. The number of nitrogens with zero attached hydrogens (tertiary/aromatic N) is 2. The highest BCUT2D eigenvalue weighted by atomic mass is 15.1. The molecule has 0 radical (unpaired) electrons. The van der Waals surface area contributed by atoms with Crippen molar-refractivity contribution in [3.63, 3.8) is 0 Å². The molecule has 0 saturated heterocycles. The Labute approximate surface area is 114 Å². The third-order valence-electron chi connectivity index (χ3n) is 3.07. The number of rotatable bonds is 4. The van der Waals surface area contributed by atoms with Crippen LogP contribution in [0, 0.1) is 0 Å². The third-order valence-corrected chi connectivity index (χ3v) is 3.07. The molecule has 4 heteroatoms. The minimum absolute atomic E-state index is 0.439. The van der Waals surface area contributed by atoms with E-state index < -0.39 is 0 Å². The molecule has 0 amide bonds. The summed E-state index contributed by atoms with van der Waals surface area (Å²) in [6.45, 7) is 2.71. The summed E-state index contributed by atoms with van der Waals surface area (Å²) in [6, 6.07) is 12.2. The maximum Gasteiger partial charge on any atom is 0.193 e. The molecule has 100 valence electrons. The Balaban J connectivity index is 2.00. The van der Waals surface area contributed by atoms with E-state index in [2.05, 4.69) is 29.4 Å². The van der Waals surface area contributed by atoms with Crippen LogP contribution < -0.4 is 11.1 Å². The molecule has 3 N–H and O–H groups in total. The highest BCUT2D eigenvalue weighted by molar-refractivity contribution is 5.92. The molecule has 0 aliphatic rings. The van der Waals surface area contributed by atoms with E-state index in [0.717, 1.165) is 17.8 Å². The molecule has 0 unspecified atom stereocenters. The van der Waals surface area contributed by atoms with Crippen molar-refractivity contribution in [2.75, 3.05) is 5.32 Å². The predicted molar refractivity (Wildman–Crippen MR) is 80.2 cm³/mol. The van der Waals surface area contributed by atoms with E-state index in [-0.39, 0.29) is 0 Å². The molecule has 0 saturated carbocycles. The summed E-state index contributed by atoms with van der Waals surface area (Å²) >= 11 is 0. The number of benzene rings is 1. The van der Waals surface area contributed by atoms with Crippen molar-refractivity contribution in [2.45, 2.75) is 19.9 Å². The molecule has 0 aliphatic heterocycles. The lowest BCUT2D eigenvalue weighted by atomic mass is 10.1. The minimum atomic E-state index is 0.439. The molecule has 4 nitrogen and oxygen atoms in total. The summed E-state index contributed by atoms with van der Waals surface area (Å²) in [5, 5.41) is 3.12. The van der Waals surface area contributed by atoms with Crippen LogP contribution in [0.1, 0.15) is 18.2 Å². The number of aliphatic imine (C=N–C) groups is 1. The monoisotopic (exact) mass is 256 g/mol. The summed E-state index contributed by atoms with van der Waals surface area (Å²) in [4.78, 5) is 4.34. The van der Waals surface area contributed by atoms with E-state index in [1.165, 1.54) is 5.56 Å². The molecule has 1 heterocycles. The molecule has 0 fully saturated rings. The van der Waals surface area contributed by atoms with Crippen molar-refractivity contribution in [3.05, 3.63) is 53.9 Å². The van der Waals surface area contributed by atoms with Gasteiger partial charge in [0.15, 0.2) is 5.96 Å². The Bertz CT molecular complexity index is 569. The lowest BCUT2D eigenvalue weighted by molar-refractivity contribution is 0.824. The van der Waals surface area contributed by atoms with Crippen LogP contribution in [0.15, 0.2) is 47.6 Å².